The van der Waals surface area contributed by atoms with E-state index in [1.807, 2.05) is 115 Å². The second-order valence-electron chi connectivity index (χ2n) is 13.0. The van der Waals surface area contributed by atoms with Crippen molar-refractivity contribution in [2.45, 2.75) is 64.3 Å². The number of hydrogen-bond acceptors (Lipinski definition) is 5. The number of Topliss-reactive ketones (excluding diaryl/α,β-unsaturated/α-hetero) is 4. The number of carbonyl (C=O) groups is 5. The fourth-order valence-corrected chi connectivity index (χ4v) is 6.55. The normalized spacial score (nSPS) is 14.4. The molecule has 5 rings (SSSR count). The lowest BCUT2D eigenvalue weighted by atomic mass is 9.85. The first-order valence-corrected chi connectivity index (χ1v) is 16.9. The number of amides is 1. The van der Waals surface area contributed by atoms with E-state index in [1.165, 1.54) is 11.1 Å². The van der Waals surface area contributed by atoms with Crippen LogP contribution >= 0.6 is 0 Å². The zero-order valence-corrected chi connectivity index (χ0v) is 27.5. The van der Waals surface area contributed by atoms with E-state index in [0.29, 0.717) is 19.3 Å². The van der Waals surface area contributed by atoms with E-state index in [9.17, 15) is 24.0 Å². The Labute approximate surface area is 283 Å². The number of hydrogen-bond donors (Lipinski definition) is 1. The summed E-state index contributed by atoms with van der Waals surface area (Å²) in [6.07, 6.45) is 2.23. The van der Waals surface area contributed by atoms with Gasteiger partial charge in [0, 0.05) is 37.0 Å². The summed E-state index contributed by atoms with van der Waals surface area (Å²) in [5.41, 5.74) is 5.03. The Balaban J connectivity index is 1.28. The Hall–Kier alpha value is -4.97. The van der Waals surface area contributed by atoms with Crippen molar-refractivity contribution in [3.8, 4) is 0 Å². The summed E-state index contributed by atoms with van der Waals surface area (Å²) in [7, 11) is 0. The molecule has 48 heavy (non-hydrogen) atoms. The number of rotatable bonds is 17. The highest BCUT2D eigenvalue weighted by Gasteiger charge is 2.33. The Morgan fingerprint density at radius 2 is 1.15 bits per heavy atom. The topological polar surface area (TPSA) is 97.4 Å². The van der Waals surface area contributed by atoms with Crippen LogP contribution < -0.4 is 5.32 Å². The maximum absolute atomic E-state index is 14.0. The van der Waals surface area contributed by atoms with Gasteiger partial charge in [0.15, 0.2) is 11.6 Å². The average molecular weight is 642 g/mol. The molecule has 6 heteroatoms. The van der Waals surface area contributed by atoms with Crippen LogP contribution in [0.1, 0.15) is 54.0 Å². The van der Waals surface area contributed by atoms with Crippen molar-refractivity contribution in [3.05, 3.63) is 143 Å². The number of aryl methyl sites for hydroxylation is 1. The second kappa shape index (κ2) is 16.7. The molecule has 0 heterocycles. The van der Waals surface area contributed by atoms with Gasteiger partial charge < -0.3 is 5.32 Å². The van der Waals surface area contributed by atoms with Crippen LogP contribution in [-0.2, 0) is 56.1 Å². The molecule has 0 aliphatic heterocycles. The van der Waals surface area contributed by atoms with E-state index in [2.05, 4.69) is 5.32 Å². The van der Waals surface area contributed by atoms with Gasteiger partial charge in [-0.1, -0.05) is 122 Å². The quantitative estimate of drug-likeness (QED) is 0.136. The first-order valence-electron chi connectivity index (χ1n) is 16.9. The van der Waals surface area contributed by atoms with E-state index in [0.717, 1.165) is 16.7 Å². The van der Waals surface area contributed by atoms with E-state index < -0.39 is 29.4 Å². The van der Waals surface area contributed by atoms with Crippen LogP contribution in [-0.4, -0.2) is 35.1 Å². The highest BCUT2D eigenvalue weighted by atomic mass is 16.2. The first-order chi connectivity index (χ1) is 23.3. The van der Waals surface area contributed by atoms with Gasteiger partial charge >= 0.3 is 0 Å². The van der Waals surface area contributed by atoms with Gasteiger partial charge in [-0.15, -0.1) is 0 Å². The van der Waals surface area contributed by atoms with Crippen LogP contribution in [0, 0.1) is 17.8 Å². The lowest BCUT2D eigenvalue weighted by Gasteiger charge is -2.23. The van der Waals surface area contributed by atoms with Gasteiger partial charge in [0.1, 0.15) is 5.78 Å². The molecule has 0 unspecified atom stereocenters. The highest BCUT2D eigenvalue weighted by Crippen LogP contribution is 2.29. The van der Waals surface area contributed by atoms with Crippen LogP contribution in [0.4, 0.5) is 0 Å². The fraction of sp³-hybridized carbons (Fsp3) is 0.310. The predicted molar refractivity (Wildman–Crippen MR) is 186 cm³/mol. The van der Waals surface area contributed by atoms with Crippen LogP contribution in [0.15, 0.2) is 115 Å². The molecule has 1 N–H and O–H groups in total. The first kappa shape index (κ1) is 34.4. The molecule has 246 valence electrons. The maximum Gasteiger partial charge on any atom is 0.223 e. The minimum absolute atomic E-state index is 0.0438. The van der Waals surface area contributed by atoms with E-state index >= 15 is 0 Å². The van der Waals surface area contributed by atoms with Crippen molar-refractivity contribution >= 4 is 29.0 Å². The molecule has 0 saturated carbocycles. The van der Waals surface area contributed by atoms with Crippen molar-refractivity contribution in [1.82, 2.24) is 5.32 Å². The molecule has 0 saturated heterocycles. The predicted octanol–water partition coefficient (Wildman–Crippen LogP) is 6.31. The van der Waals surface area contributed by atoms with Crippen LogP contribution in [0.5, 0.6) is 0 Å². The van der Waals surface area contributed by atoms with Crippen LogP contribution in [0.2, 0.25) is 0 Å². The Kier molecular flexibility index (Phi) is 12.0. The summed E-state index contributed by atoms with van der Waals surface area (Å²) in [6.45, 7) is 1.71. The zero-order chi connectivity index (χ0) is 33.9. The molecule has 0 bridgehead atoms. The molecule has 4 aromatic rings. The van der Waals surface area contributed by atoms with E-state index in [1.54, 1.807) is 6.92 Å². The smallest absolute Gasteiger partial charge is 0.223 e. The summed E-state index contributed by atoms with van der Waals surface area (Å²) in [4.78, 5) is 67.6. The molecule has 1 amide bonds. The van der Waals surface area contributed by atoms with Crippen molar-refractivity contribution < 1.29 is 24.0 Å². The molecule has 0 fully saturated rings. The third-order valence-corrected chi connectivity index (χ3v) is 9.35. The fourth-order valence-electron chi connectivity index (χ4n) is 6.55. The van der Waals surface area contributed by atoms with Crippen LogP contribution in [0.25, 0.3) is 0 Å². The summed E-state index contributed by atoms with van der Waals surface area (Å²) in [5.74, 6) is -3.36. The van der Waals surface area contributed by atoms with Gasteiger partial charge in [0.05, 0.1) is 6.04 Å². The number of fused-ring (bicyclic) bond motifs is 1. The van der Waals surface area contributed by atoms with Gasteiger partial charge in [-0.2, -0.15) is 0 Å². The van der Waals surface area contributed by atoms with E-state index in [4.69, 9.17) is 0 Å². The molecular formula is C42H43NO5. The SMILES string of the molecule is C[C@H](CC(=O)C1Cc2ccccc2C1)C(=O)N[C@@H](Cc1ccccc1)C(=O)C[C@@H](Cc1ccccc1)C(=O)C(=O)CCc1ccccc1. The molecule has 0 spiro atoms. The monoisotopic (exact) mass is 641 g/mol. The van der Waals surface area contributed by atoms with Gasteiger partial charge in [-0.3, -0.25) is 24.0 Å². The third kappa shape index (κ3) is 9.54. The molecule has 4 aromatic carbocycles. The van der Waals surface area contributed by atoms with Gasteiger partial charge in [-0.25, -0.2) is 0 Å². The van der Waals surface area contributed by atoms with Crippen molar-refractivity contribution in [2.24, 2.45) is 17.8 Å². The van der Waals surface area contributed by atoms with Crippen LogP contribution in [0.3, 0.4) is 0 Å². The largest absolute Gasteiger partial charge is 0.346 e. The Morgan fingerprint density at radius 3 is 1.71 bits per heavy atom. The van der Waals surface area contributed by atoms with Crippen molar-refractivity contribution in [2.75, 3.05) is 0 Å². The molecule has 0 aromatic heterocycles. The second-order valence-corrected chi connectivity index (χ2v) is 13.0. The minimum atomic E-state index is -0.918. The summed E-state index contributed by atoms with van der Waals surface area (Å²) in [6, 6.07) is 35.4. The maximum atomic E-state index is 14.0. The Morgan fingerprint density at radius 1 is 0.646 bits per heavy atom. The summed E-state index contributed by atoms with van der Waals surface area (Å²) in [5, 5.41) is 2.93. The van der Waals surface area contributed by atoms with Crippen molar-refractivity contribution in [3.63, 3.8) is 0 Å². The number of benzene rings is 4. The highest BCUT2D eigenvalue weighted by molar-refractivity contribution is 6.38. The zero-order valence-electron chi connectivity index (χ0n) is 27.5. The third-order valence-electron chi connectivity index (χ3n) is 9.35. The number of nitrogens with one attached hydrogen (secondary N) is 1. The number of ketones is 4. The van der Waals surface area contributed by atoms with Gasteiger partial charge in [0.25, 0.3) is 0 Å². The Bertz CT molecular complexity index is 1690. The molecule has 3 atom stereocenters. The lowest BCUT2D eigenvalue weighted by molar-refractivity contribution is -0.140. The average Bonchev–Trinajstić information content (AvgIpc) is 3.56. The molecule has 0 radical (unpaired) electrons. The molecule has 1 aliphatic carbocycles. The summed E-state index contributed by atoms with van der Waals surface area (Å²) < 4.78 is 0. The molecule has 6 nitrogen and oxygen atoms in total. The molecular weight excluding hydrogens is 598 g/mol. The molecule has 1 aliphatic rings. The summed E-state index contributed by atoms with van der Waals surface area (Å²) >= 11 is 0. The van der Waals surface area contributed by atoms with E-state index in [-0.39, 0.29) is 55.5 Å². The van der Waals surface area contributed by atoms with Gasteiger partial charge in [-0.05, 0) is 59.9 Å². The van der Waals surface area contributed by atoms with Gasteiger partial charge in [0.2, 0.25) is 11.7 Å². The standard InChI is InChI=1S/C42H43NO5/c1-29(23-39(45)35-26-33-19-11-12-20-34(33)27-35)42(48)43-37(25-32-17-9-4-10-18-32)40(46)28-36(24-31-15-7-3-8-16-31)41(47)38(44)22-21-30-13-5-2-6-14-30/h2-20,29,35-37H,21-28H2,1H3,(H,43,48)/t29-,36-,37+/m1/s1. The minimum Gasteiger partial charge on any atom is -0.346 e. The van der Waals surface area contributed by atoms with Crippen molar-refractivity contribution in [1.29, 1.82) is 0 Å². The number of carbonyl (C=O) groups excluding carboxylic acids is 5. The lowest BCUT2D eigenvalue weighted by Crippen LogP contribution is -2.46.